The quantitative estimate of drug-likeness (QED) is 0.0172. The first-order valence-electron chi connectivity index (χ1n) is 31.3. The van der Waals surface area contributed by atoms with E-state index in [1.807, 2.05) is 84.9 Å². The van der Waals surface area contributed by atoms with Crippen LogP contribution in [0.25, 0.3) is 22.3 Å². The summed E-state index contributed by atoms with van der Waals surface area (Å²) >= 11 is 14.6. The number of hydrogen-bond acceptors (Lipinski definition) is 21. The van der Waals surface area contributed by atoms with Crippen molar-refractivity contribution in [2.24, 2.45) is 0 Å². The second kappa shape index (κ2) is 40.7. The lowest BCUT2D eigenvalue weighted by atomic mass is 10.1. The molecule has 0 aliphatic carbocycles. The van der Waals surface area contributed by atoms with E-state index in [0.29, 0.717) is 57.5 Å². The number of carboxylic acids is 2. The molecule has 22 nitrogen and oxygen atoms in total. The summed E-state index contributed by atoms with van der Waals surface area (Å²) in [5.74, 6) is -2.15. The maximum absolute atomic E-state index is 12.4. The van der Waals surface area contributed by atoms with Gasteiger partial charge in [-0.1, -0.05) is 163 Å². The zero-order valence-corrected chi connectivity index (χ0v) is 63.3. The summed E-state index contributed by atoms with van der Waals surface area (Å²) in [6, 6.07) is 60.4. The van der Waals surface area contributed by atoms with Crippen molar-refractivity contribution in [2.45, 2.75) is 73.8 Å². The molecule has 38 heteroatoms. The molecule has 0 spiro atoms. The third kappa shape index (κ3) is 27.8. The molecule has 9 aromatic carbocycles. The number of benzene rings is 9. The minimum atomic E-state index is -4.76. The molecular formula is C72H56BBr2F9N9O13S4. The van der Waals surface area contributed by atoms with Crippen LogP contribution in [0.15, 0.2) is 262 Å². The van der Waals surface area contributed by atoms with Gasteiger partial charge < -0.3 is 48.3 Å². The number of halogens is 11. The molecule has 12 aromatic rings. The number of H-pyrrole nitrogens is 1. The number of carbonyl (C=O) groups is 3. The summed E-state index contributed by atoms with van der Waals surface area (Å²) in [5.41, 5.74) is 4.59. The third-order valence-corrected chi connectivity index (χ3v) is 18.2. The summed E-state index contributed by atoms with van der Waals surface area (Å²) in [6.07, 6.45) is -14.2. The molecule has 0 fully saturated rings. The molecule has 12 rings (SSSR count). The molecule has 110 heavy (non-hydrogen) atoms. The highest BCUT2D eigenvalue weighted by Gasteiger charge is 2.33. The summed E-state index contributed by atoms with van der Waals surface area (Å²) < 4.78 is 145. The number of ether oxygens (including phenoxy) is 6. The summed E-state index contributed by atoms with van der Waals surface area (Å²) in [5, 5.41) is 53.8. The van der Waals surface area contributed by atoms with Crippen molar-refractivity contribution >= 4 is 105 Å². The lowest BCUT2D eigenvalue weighted by Crippen LogP contribution is -2.17. The number of carboxylic acid groups (broad SMARTS) is 2. The van der Waals surface area contributed by atoms with Crippen molar-refractivity contribution < 1.29 is 102 Å². The summed E-state index contributed by atoms with van der Waals surface area (Å²) in [7, 11) is 3.63. The predicted octanol–water partition coefficient (Wildman–Crippen LogP) is 18.6. The van der Waals surface area contributed by atoms with Gasteiger partial charge in [0.25, 0.3) is 0 Å². The fourth-order valence-corrected chi connectivity index (χ4v) is 13.2. The molecule has 0 amide bonds. The normalized spacial score (nSPS) is 10.9. The van der Waals surface area contributed by atoms with Gasteiger partial charge in [-0.05, 0) is 174 Å². The molecule has 3 aromatic heterocycles. The van der Waals surface area contributed by atoms with Crippen LogP contribution in [0.1, 0.15) is 49.5 Å². The fourth-order valence-electron chi connectivity index (χ4n) is 9.02. The maximum atomic E-state index is 12.4. The van der Waals surface area contributed by atoms with Crippen LogP contribution in [0.2, 0.25) is 0 Å². The summed E-state index contributed by atoms with van der Waals surface area (Å²) in [6.45, 7) is 2.83. The first-order valence-corrected chi connectivity index (χ1v) is 35.7. The average Bonchev–Trinajstić information content (AvgIpc) is 1.63. The second-order valence-electron chi connectivity index (χ2n) is 21.5. The Morgan fingerprint density at radius 1 is 0.482 bits per heavy atom. The molecule has 0 saturated heterocycles. The van der Waals surface area contributed by atoms with Crippen LogP contribution in [0.5, 0.6) is 34.5 Å². The first-order chi connectivity index (χ1) is 52.4. The number of carbonyl (C=O) groups excluding carboxylic acids is 1. The van der Waals surface area contributed by atoms with Crippen molar-refractivity contribution in [2.75, 3.05) is 20.8 Å². The number of esters is 1. The van der Waals surface area contributed by atoms with Crippen LogP contribution in [-0.4, -0.2) is 126 Å². The predicted molar refractivity (Wildman–Crippen MR) is 397 cm³/mol. The highest BCUT2D eigenvalue weighted by Crippen LogP contribution is 2.37. The number of nitrogens with one attached hydrogen (secondary N) is 1. The zero-order chi connectivity index (χ0) is 79.5. The van der Waals surface area contributed by atoms with E-state index in [4.69, 9.17) is 24.3 Å². The Labute approximate surface area is 655 Å². The van der Waals surface area contributed by atoms with Gasteiger partial charge in [-0.15, -0.1) is 72.5 Å². The number of nitrogens with zero attached hydrogens (tertiary/aromatic N) is 8. The largest absolute Gasteiger partial charge is 0.573 e. The van der Waals surface area contributed by atoms with E-state index >= 15 is 0 Å². The molecule has 1 radical (unpaired) electrons. The van der Waals surface area contributed by atoms with E-state index in [1.54, 1.807) is 86.5 Å². The van der Waals surface area contributed by atoms with Gasteiger partial charge in [0.05, 0.1) is 33.9 Å². The van der Waals surface area contributed by atoms with E-state index in [1.165, 1.54) is 88.9 Å². The molecule has 0 unspecified atom stereocenters. The van der Waals surface area contributed by atoms with Gasteiger partial charge in [-0.25, -0.2) is 23.7 Å². The lowest BCUT2D eigenvalue weighted by Gasteiger charge is -2.10. The molecule has 0 saturated carbocycles. The molecule has 0 aliphatic rings. The van der Waals surface area contributed by atoms with Crippen molar-refractivity contribution in [3.63, 3.8) is 0 Å². The lowest BCUT2D eigenvalue weighted by molar-refractivity contribution is -0.275. The minimum absolute atomic E-state index is 0.178. The van der Waals surface area contributed by atoms with Crippen LogP contribution >= 0.6 is 79.8 Å². The Morgan fingerprint density at radius 2 is 0.873 bits per heavy atom. The number of aromatic nitrogens is 9. The van der Waals surface area contributed by atoms with Gasteiger partial charge in [-0.3, -0.25) is 0 Å². The number of methoxy groups -OCH3 is 2. The van der Waals surface area contributed by atoms with E-state index < -0.39 is 37.0 Å². The van der Waals surface area contributed by atoms with Crippen molar-refractivity contribution in [3.05, 3.63) is 256 Å². The van der Waals surface area contributed by atoms with E-state index in [2.05, 4.69) is 99.4 Å². The minimum Gasteiger partial charge on any atom is -0.537 e. The first kappa shape index (κ1) is 85.0. The van der Waals surface area contributed by atoms with Gasteiger partial charge in [0, 0.05) is 28.5 Å². The highest BCUT2D eigenvalue weighted by atomic mass is 79.9. The Morgan fingerprint density at radius 3 is 1.27 bits per heavy atom. The zero-order valence-electron chi connectivity index (χ0n) is 56.8. The van der Waals surface area contributed by atoms with Gasteiger partial charge in [-0.2, -0.15) is 5.21 Å². The average molecular weight is 1730 g/mol. The molecule has 0 aliphatic heterocycles. The monoisotopic (exact) mass is 1720 g/mol. The van der Waals surface area contributed by atoms with E-state index in [-0.39, 0.29) is 51.7 Å². The van der Waals surface area contributed by atoms with Gasteiger partial charge in [0.15, 0.2) is 5.03 Å². The Kier molecular flexibility index (Phi) is 31.4. The maximum Gasteiger partial charge on any atom is 0.573 e. The van der Waals surface area contributed by atoms with Gasteiger partial charge >= 0.3 is 44.7 Å². The second-order valence-corrected chi connectivity index (χ2v) is 27.0. The van der Waals surface area contributed by atoms with Crippen LogP contribution < -0.4 is 28.3 Å². The molecular weight excluding hydrogens is 1670 g/mol. The Bertz CT molecular complexity index is 4970. The standard InChI is InChI=1S/C24H18F3N3O4S.C19H18BrN3O3S.C16H10F3N3O3S.C7H5BF3O3.C6H5BrS/c1-33-18-9-5-15(6-10-18)14-30-22(21(23(31)32)28-29-30)35-20-4-2-3-17(13-20)16-7-11-19(12-8-16)34-24(25,26)27;1-3-26-19(24)17-18(27-16-6-4-5-14(20)11-16)23(22-21-17)12-13-7-9-15(25-2)10-8-13;17-16(18,19)25-11-6-4-9(5-7-11)10-2-1-3-12(8-10)26-14-13(15(23)24)20-22-21-14;9-7(10,11)13-5-1-3-6(4-2-5)14-8-12;7-5-2-1-3-6(8)4-5/h2-13H,14H2,1H3,(H,31,32);4-11H,3,12H2,1-2H3;1-8H,(H,23,24)(H,20,21,22);1-4,12H;1-4,8H. The van der Waals surface area contributed by atoms with Crippen molar-refractivity contribution in [3.8, 4) is 56.8 Å². The van der Waals surface area contributed by atoms with Crippen molar-refractivity contribution in [1.82, 2.24) is 45.4 Å². The van der Waals surface area contributed by atoms with Gasteiger partial charge in [0.2, 0.25) is 17.1 Å². The number of rotatable bonds is 23. The van der Waals surface area contributed by atoms with Crippen LogP contribution in [0.3, 0.4) is 0 Å². The topological polar surface area (TPSA) is 280 Å². The Hall–Kier alpha value is -10.6. The molecule has 3 heterocycles. The highest BCUT2D eigenvalue weighted by molar-refractivity contribution is 9.10. The van der Waals surface area contributed by atoms with Gasteiger partial charge in [0.1, 0.15) is 44.5 Å². The number of hydrogen-bond donors (Lipinski definition) is 5. The fraction of sp³-hybridized carbons (Fsp3) is 0.125. The molecule has 0 atom stereocenters. The number of aromatic carboxylic acids is 2. The molecule has 571 valence electrons. The van der Waals surface area contributed by atoms with E-state index in [0.717, 1.165) is 70.6 Å². The summed E-state index contributed by atoms with van der Waals surface area (Å²) in [4.78, 5) is 38.5. The van der Waals surface area contributed by atoms with Crippen LogP contribution in [0, 0.1) is 0 Å². The van der Waals surface area contributed by atoms with Crippen LogP contribution in [0.4, 0.5) is 39.5 Å². The van der Waals surface area contributed by atoms with Crippen molar-refractivity contribution in [1.29, 1.82) is 0 Å². The molecule has 4 N–H and O–H groups in total. The number of alkyl halides is 9. The molecule has 0 bridgehead atoms. The smallest absolute Gasteiger partial charge is 0.537 e. The number of aromatic amines is 1. The number of thiol groups is 1. The third-order valence-electron chi connectivity index (χ3n) is 13.8. The SMILES string of the molecule is CCOC(=O)c1nnn(Cc2ccc(OC)cc2)c1Sc1cccc(Br)c1.COc1ccc(Cn2nnc(C(=O)O)c2Sc2cccc(-c3ccc(OC(F)(F)F)cc3)c2)cc1.O=C(O)c1n[nH]nc1Sc1cccc(-c2ccc(OC(F)(F)F)cc2)c1.O[B]Oc1ccc(OC(F)(F)F)cc1.Sc1cccc(Br)c1. The van der Waals surface area contributed by atoms with Crippen LogP contribution in [-0.2, 0) is 17.8 Å². The van der Waals surface area contributed by atoms with E-state index in [9.17, 15) is 59.0 Å². The Balaban J connectivity index is 0.000000184.